The van der Waals surface area contributed by atoms with Crippen molar-refractivity contribution in [2.45, 2.75) is 46.2 Å². The molecule has 1 atom stereocenters. The minimum absolute atomic E-state index is 0.0447. The van der Waals surface area contributed by atoms with Gasteiger partial charge in [0.25, 0.3) is 0 Å². The second kappa shape index (κ2) is 5.69. The summed E-state index contributed by atoms with van der Waals surface area (Å²) in [5, 5.41) is 6.02. The molecular weight excluding hydrogens is 294 g/mol. The molecule has 2 N–H and O–H groups in total. The van der Waals surface area contributed by atoms with E-state index in [1.807, 2.05) is 40.7 Å². The molecule has 1 unspecified atom stereocenters. The second-order valence-electron chi connectivity index (χ2n) is 5.45. The number of aromatic nitrogens is 1. The third-order valence-corrected chi connectivity index (χ3v) is 2.83. The smallest absolute Gasteiger partial charge is 0.242 e. The number of anilines is 1. The molecule has 0 aliphatic heterocycles. The van der Waals surface area contributed by atoms with E-state index in [-0.39, 0.29) is 17.5 Å². The Bertz CT molecular complexity index is 440. The summed E-state index contributed by atoms with van der Waals surface area (Å²) >= 11 is 3.43. The van der Waals surface area contributed by atoms with E-state index in [0.29, 0.717) is 5.82 Å². The van der Waals surface area contributed by atoms with Crippen molar-refractivity contribution in [1.82, 2.24) is 10.3 Å². The van der Waals surface area contributed by atoms with E-state index in [4.69, 9.17) is 0 Å². The van der Waals surface area contributed by atoms with Gasteiger partial charge in [0, 0.05) is 11.7 Å². The fourth-order valence-electron chi connectivity index (χ4n) is 1.39. The molecule has 0 fully saturated rings. The van der Waals surface area contributed by atoms with Crippen LogP contribution in [0.2, 0.25) is 0 Å². The van der Waals surface area contributed by atoms with Gasteiger partial charge < -0.3 is 10.6 Å². The van der Waals surface area contributed by atoms with Gasteiger partial charge >= 0.3 is 0 Å². The Morgan fingerprint density at radius 1 is 1.44 bits per heavy atom. The van der Waals surface area contributed by atoms with Crippen LogP contribution in [0.15, 0.2) is 16.7 Å². The zero-order valence-corrected chi connectivity index (χ0v) is 13.1. The molecule has 1 rings (SSSR count). The number of nitrogens with zero attached hydrogens (tertiary/aromatic N) is 1. The number of carbonyl (C=O) groups is 1. The highest BCUT2D eigenvalue weighted by molar-refractivity contribution is 9.10. The molecule has 1 amide bonds. The van der Waals surface area contributed by atoms with Crippen molar-refractivity contribution in [3.8, 4) is 0 Å². The average Bonchev–Trinajstić information content (AvgIpc) is 2.19. The van der Waals surface area contributed by atoms with Gasteiger partial charge in [-0.25, -0.2) is 4.98 Å². The average molecular weight is 314 g/mol. The molecule has 0 aromatic carbocycles. The third-order valence-electron chi connectivity index (χ3n) is 2.22. The second-order valence-corrected chi connectivity index (χ2v) is 6.30. The molecule has 4 nitrogen and oxygen atoms in total. The summed E-state index contributed by atoms with van der Waals surface area (Å²) < 4.78 is 0.859. The molecule has 18 heavy (non-hydrogen) atoms. The number of aryl methyl sites for hydroxylation is 1. The molecule has 100 valence electrons. The van der Waals surface area contributed by atoms with E-state index in [9.17, 15) is 4.79 Å². The van der Waals surface area contributed by atoms with Gasteiger partial charge in [-0.05, 0) is 62.2 Å². The standard InChI is InChI=1S/C13H20BrN3O/c1-8-6-10(14)11(15-7-8)16-9(2)12(18)17-13(3,4)5/h6-7,9H,1-5H3,(H,15,16)(H,17,18). The van der Waals surface area contributed by atoms with Gasteiger partial charge in [0.05, 0.1) is 4.47 Å². The molecule has 1 heterocycles. The Balaban J connectivity index is 2.69. The Hall–Kier alpha value is -1.10. The first-order valence-corrected chi connectivity index (χ1v) is 6.69. The minimum Gasteiger partial charge on any atom is -0.358 e. The molecule has 1 aromatic heterocycles. The van der Waals surface area contributed by atoms with Crippen LogP contribution in [0.1, 0.15) is 33.3 Å². The largest absolute Gasteiger partial charge is 0.358 e. The van der Waals surface area contributed by atoms with E-state index in [0.717, 1.165) is 10.0 Å². The third kappa shape index (κ3) is 4.64. The number of hydrogen-bond donors (Lipinski definition) is 2. The van der Waals surface area contributed by atoms with Crippen LogP contribution in [0.25, 0.3) is 0 Å². The van der Waals surface area contributed by atoms with Crippen LogP contribution in [-0.2, 0) is 4.79 Å². The van der Waals surface area contributed by atoms with Crippen molar-refractivity contribution in [3.05, 3.63) is 22.3 Å². The fourth-order valence-corrected chi connectivity index (χ4v) is 1.97. The highest BCUT2D eigenvalue weighted by Crippen LogP contribution is 2.21. The Morgan fingerprint density at radius 3 is 2.56 bits per heavy atom. The summed E-state index contributed by atoms with van der Waals surface area (Å²) in [6.45, 7) is 9.65. The van der Waals surface area contributed by atoms with E-state index < -0.39 is 0 Å². The summed E-state index contributed by atoms with van der Waals surface area (Å²) in [5.74, 6) is 0.633. The van der Waals surface area contributed by atoms with Gasteiger partial charge in [-0.2, -0.15) is 0 Å². The van der Waals surface area contributed by atoms with Crippen LogP contribution in [0, 0.1) is 6.92 Å². The SMILES string of the molecule is Cc1cnc(NC(C)C(=O)NC(C)(C)C)c(Br)c1. The first-order chi connectivity index (χ1) is 8.19. The summed E-state index contributed by atoms with van der Waals surface area (Å²) in [6, 6.07) is 1.62. The van der Waals surface area contributed by atoms with E-state index in [1.54, 1.807) is 6.20 Å². The normalized spacial score (nSPS) is 13.0. The molecule has 0 aliphatic carbocycles. The molecule has 0 spiro atoms. The van der Waals surface area contributed by atoms with E-state index >= 15 is 0 Å². The van der Waals surface area contributed by atoms with Crippen LogP contribution in [0.3, 0.4) is 0 Å². The highest BCUT2D eigenvalue weighted by Gasteiger charge is 2.19. The number of hydrogen-bond acceptors (Lipinski definition) is 3. The lowest BCUT2D eigenvalue weighted by molar-refractivity contribution is -0.122. The molecule has 0 saturated carbocycles. The predicted octanol–water partition coefficient (Wildman–Crippen LogP) is 2.87. The maximum Gasteiger partial charge on any atom is 0.242 e. The highest BCUT2D eigenvalue weighted by atomic mass is 79.9. The fraction of sp³-hybridized carbons (Fsp3) is 0.538. The monoisotopic (exact) mass is 313 g/mol. The van der Waals surface area contributed by atoms with Gasteiger partial charge in [0.15, 0.2) is 0 Å². The van der Waals surface area contributed by atoms with Crippen molar-refractivity contribution in [2.75, 3.05) is 5.32 Å². The van der Waals surface area contributed by atoms with Crippen molar-refractivity contribution in [1.29, 1.82) is 0 Å². The summed E-state index contributed by atoms with van der Waals surface area (Å²) in [6.07, 6.45) is 1.77. The van der Waals surface area contributed by atoms with Gasteiger partial charge in [-0.15, -0.1) is 0 Å². The van der Waals surface area contributed by atoms with E-state index in [2.05, 4.69) is 31.5 Å². The lowest BCUT2D eigenvalue weighted by Crippen LogP contribution is -2.47. The number of nitrogens with one attached hydrogen (secondary N) is 2. The number of halogens is 1. The maximum absolute atomic E-state index is 11.9. The summed E-state index contributed by atoms with van der Waals surface area (Å²) in [4.78, 5) is 16.2. The lowest BCUT2D eigenvalue weighted by Gasteiger charge is -2.24. The zero-order chi connectivity index (χ0) is 13.9. The van der Waals surface area contributed by atoms with Crippen LogP contribution < -0.4 is 10.6 Å². The summed E-state index contributed by atoms with van der Waals surface area (Å²) in [5.41, 5.74) is 0.838. The quantitative estimate of drug-likeness (QED) is 0.902. The van der Waals surface area contributed by atoms with Gasteiger partial charge in [0.1, 0.15) is 11.9 Å². The van der Waals surface area contributed by atoms with Crippen molar-refractivity contribution in [2.24, 2.45) is 0 Å². The van der Waals surface area contributed by atoms with Crippen molar-refractivity contribution >= 4 is 27.7 Å². The van der Waals surface area contributed by atoms with Crippen LogP contribution >= 0.6 is 15.9 Å². The molecule has 0 radical (unpaired) electrons. The Kier molecular flexibility index (Phi) is 4.73. The molecule has 0 bridgehead atoms. The van der Waals surface area contributed by atoms with Crippen molar-refractivity contribution in [3.63, 3.8) is 0 Å². The molecule has 0 aliphatic rings. The van der Waals surface area contributed by atoms with E-state index in [1.165, 1.54) is 0 Å². The van der Waals surface area contributed by atoms with Crippen LogP contribution in [-0.4, -0.2) is 22.5 Å². The number of carbonyl (C=O) groups excluding carboxylic acids is 1. The Morgan fingerprint density at radius 2 is 2.06 bits per heavy atom. The zero-order valence-electron chi connectivity index (χ0n) is 11.5. The van der Waals surface area contributed by atoms with Crippen molar-refractivity contribution < 1.29 is 4.79 Å². The number of amides is 1. The minimum atomic E-state index is -0.337. The topological polar surface area (TPSA) is 54.0 Å². The molecule has 0 saturated heterocycles. The molecule has 5 heteroatoms. The predicted molar refractivity (Wildman–Crippen MR) is 77.7 cm³/mol. The summed E-state index contributed by atoms with van der Waals surface area (Å²) in [7, 11) is 0. The van der Waals surface area contributed by atoms with Crippen LogP contribution in [0.5, 0.6) is 0 Å². The molecule has 1 aromatic rings. The first-order valence-electron chi connectivity index (χ1n) is 5.90. The van der Waals surface area contributed by atoms with Gasteiger partial charge in [-0.1, -0.05) is 0 Å². The number of pyridine rings is 1. The molecular formula is C13H20BrN3O. The lowest BCUT2D eigenvalue weighted by atomic mass is 10.1. The van der Waals surface area contributed by atoms with Gasteiger partial charge in [0.2, 0.25) is 5.91 Å². The first kappa shape index (κ1) is 15.0. The van der Waals surface area contributed by atoms with Gasteiger partial charge in [-0.3, -0.25) is 4.79 Å². The number of rotatable bonds is 3. The Labute approximate surface area is 117 Å². The maximum atomic E-state index is 11.9. The van der Waals surface area contributed by atoms with Crippen LogP contribution in [0.4, 0.5) is 5.82 Å².